The lowest BCUT2D eigenvalue weighted by atomic mass is 10.2. The summed E-state index contributed by atoms with van der Waals surface area (Å²) in [6, 6.07) is 11.4. The maximum atomic E-state index is 12.5. The van der Waals surface area contributed by atoms with Crippen molar-refractivity contribution >= 4 is 17.4 Å². The third-order valence-electron chi connectivity index (χ3n) is 3.43. The molecule has 21 heavy (non-hydrogen) atoms. The molecule has 0 N–H and O–H groups in total. The summed E-state index contributed by atoms with van der Waals surface area (Å²) in [7, 11) is 0. The standard InChI is InChI=1S/C17H20N2O2/c1-4-19(15-8-5-7-13(2)11-15)17(21)12-18-10-6-9-16(18)14(3)20/h5-11H,4,12H2,1-3H3. The molecule has 1 aromatic heterocycles. The number of carbonyl (C=O) groups is 2. The van der Waals surface area contributed by atoms with Crippen molar-refractivity contribution in [3.05, 3.63) is 53.9 Å². The van der Waals surface area contributed by atoms with Crippen molar-refractivity contribution in [3.8, 4) is 0 Å². The van der Waals surface area contributed by atoms with Crippen LogP contribution in [0.4, 0.5) is 5.69 Å². The lowest BCUT2D eigenvalue weighted by Gasteiger charge is -2.22. The van der Waals surface area contributed by atoms with Gasteiger partial charge < -0.3 is 9.47 Å². The fourth-order valence-electron chi connectivity index (χ4n) is 2.40. The highest BCUT2D eigenvalue weighted by Crippen LogP contribution is 2.16. The maximum absolute atomic E-state index is 12.5. The Balaban J connectivity index is 2.21. The van der Waals surface area contributed by atoms with Crippen molar-refractivity contribution in [1.29, 1.82) is 0 Å². The number of likely N-dealkylation sites (N-methyl/N-ethyl adjacent to an activating group) is 1. The van der Waals surface area contributed by atoms with Crippen LogP contribution in [0.2, 0.25) is 0 Å². The zero-order chi connectivity index (χ0) is 15.4. The normalized spacial score (nSPS) is 10.4. The van der Waals surface area contributed by atoms with Crippen LogP contribution < -0.4 is 4.90 Å². The largest absolute Gasteiger partial charge is 0.336 e. The Hall–Kier alpha value is -2.36. The molecule has 0 radical (unpaired) electrons. The van der Waals surface area contributed by atoms with Gasteiger partial charge in [0.2, 0.25) is 5.91 Å². The van der Waals surface area contributed by atoms with Gasteiger partial charge in [-0.3, -0.25) is 9.59 Å². The van der Waals surface area contributed by atoms with Crippen LogP contribution in [0.15, 0.2) is 42.6 Å². The average Bonchev–Trinajstić information content (AvgIpc) is 2.88. The maximum Gasteiger partial charge on any atom is 0.246 e. The molecular weight excluding hydrogens is 264 g/mol. The summed E-state index contributed by atoms with van der Waals surface area (Å²) in [5, 5.41) is 0. The van der Waals surface area contributed by atoms with Crippen molar-refractivity contribution in [1.82, 2.24) is 4.57 Å². The van der Waals surface area contributed by atoms with E-state index in [1.165, 1.54) is 6.92 Å². The summed E-state index contributed by atoms with van der Waals surface area (Å²) in [5.74, 6) is -0.0618. The molecule has 0 atom stereocenters. The Morgan fingerprint density at radius 3 is 2.57 bits per heavy atom. The number of carbonyl (C=O) groups excluding carboxylic acids is 2. The van der Waals surface area contributed by atoms with Gasteiger partial charge in [0.05, 0.1) is 5.69 Å². The van der Waals surface area contributed by atoms with E-state index < -0.39 is 0 Å². The number of anilines is 1. The lowest BCUT2D eigenvalue weighted by Crippen LogP contribution is -2.34. The second kappa shape index (κ2) is 6.39. The van der Waals surface area contributed by atoms with Crippen LogP contribution in [0, 0.1) is 6.92 Å². The first-order valence-corrected chi connectivity index (χ1v) is 7.06. The highest BCUT2D eigenvalue weighted by Gasteiger charge is 2.16. The van der Waals surface area contributed by atoms with Gasteiger partial charge in [0, 0.05) is 25.4 Å². The summed E-state index contributed by atoms with van der Waals surface area (Å²) >= 11 is 0. The van der Waals surface area contributed by atoms with E-state index in [0.717, 1.165) is 11.3 Å². The van der Waals surface area contributed by atoms with Gasteiger partial charge in [-0.2, -0.15) is 0 Å². The first kappa shape index (κ1) is 15.0. The summed E-state index contributed by atoms with van der Waals surface area (Å²) in [6.45, 7) is 6.22. The number of rotatable bonds is 5. The van der Waals surface area contributed by atoms with Crippen LogP contribution in [-0.4, -0.2) is 22.8 Å². The monoisotopic (exact) mass is 284 g/mol. The molecule has 0 aliphatic heterocycles. The summed E-state index contributed by atoms with van der Waals surface area (Å²) in [4.78, 5) is 25.8. The smallest absolute Gasteiger partial charge is 0.246 e. The van der Waals surface area contributed by atoms with Crippen LogP contribution in [0.1, 0.15) is 29.9 Å². The molecule has 1 aromatic carbocycles. The van der Waals surface area contributed by atoms with Gasteiger partial charge in [-0.1, -0.05) is 12.1 Å². The number of benzene rings is 1. The van der Waals surface area contributed by atoms with Crippen molar-refractivity contribution < 1.29 is 9.59 Å². The van der Waals surface area contributed by atoms with E-state index in [2.05, 4.69) is 0 Å². The SMILES string of the molecule is CCN(C(=O)Cn1cccc1C(C)=O)c1cccc(C)c1. The molecule has 0 saturated carbocycles. The van der Waals surface area contributed by atoms with E-state index in [-0.39, 0.29) is 18.2 Å². The molecule has 4 heteroatoms. The molecule has 4 nitrogen and oxygen atoms in total. The number of aryl methyl sites for hydroxylation is 1. The number of hydrogen-bond acceptors (Lipinski definition) is 2. The third-order valence-corrected chi connectivity index (χ3v) is 3.43. The molecule has 110 valence electrons. The van der Waals surface area contributed by atoms with Crippen LogP contribution in [0.5, 0.6) is 0 Å². The van der Waals surface area contributed by atoms with Crippen molar-refractivity contribution in [2.75, 3.05) is 11.4 Å². The number of amides is 1. The molecule has 0 fully saturated rings. The molecule has 1 heterocycles. The minimum Gasteiger partial charge on any atom is -0.336 e. The van der Waals surface area contributed by atoms with Gasteiger partial charge in [0.25, 0.3) is 0 Å². The van der Waals surface area contributed by atoms with Gasteiger partial charge in [-0.05, 0) is 43.7 Å². The van der Waals surface area contributed by atoms with Gasteiger partial charge in [-0.15, -0.1) is 0 Å². The Kier molecular flexibility index (Phi) is 4.58. The lowest BCUT2D eigenvalue weighted by molar-refractivity contribution is -0.119. The van der Waals surface area contributed by atoms with Gasteiger partial charge in [0.1, 0.15) is 6.54 Å². The summed E-state index contributed by atoms with van der Waals surface area (Å²) in [5.41, 5.74) is 2.56. The zero-order valence-corrected chi connectivity index (χ0v) is 12.7. The van der Waals surface area contributed by atoms with Crippen LogP contribution in [-0.2, 0) is 11.3 Å². The summed E-state index contributed by atoms with van der Waals surface area (Å²) < 4.78 is 1.70. The quantitative estimate of drug-likeness (QED) is 0.792. The third kappa shape index (κ3) is 3.40. The average molecular weight is 284 g/mol. The molecule has 0 saturated heterocycles. The van der Waals surface area contributed by atoms with Crippen molar-refractivity contribution in [2.24, 2.45) is 0 Å². The number of ketones is 1. The second-order valence-corrected chi connectivity index (χ2v) is 5.05. The van der Waals surface area contributed by atoms with Gasteiger partial charge in [-0.25, -0.2) is 0 Å². The van der Waals surface area contributed by atoms with E-state index in [9.17, 15) is 9.59 Å². The van der Waals surface area contributed by atoms with Gasteiger partial charge >= 0.3 is 0 Å². The molecule has 2 rings (SSSR count). The molecule has 2 aromatic rings. The number of hydrogen-bond donors (Lipinski definition) is 0. The molecule has 0 aliphatic rings. The van der Waals surface area contributed by atoms with E-state index >= 15 is 0 Å². The molecule has 0 spiro atoms. The Morgan fingerprint density at radius 2 is 1.95 bits per heavy atom. The first-order chi connectivity index (χ1) is 10.0. The Labute approximate surface area is 125 Å². The molecule has 0 unspecified atom stereocenters. The minimum absolute atomic E-state index is 0.0261. The number of Topliss-reactive ketones (excluding diaryl/α,β-unsaturated/α-hetero) is 1. The predicted octanol–water partition coefficient (Wildman–Crippen LogP) is 3.05. The molecule has 1 amide bonds. The highest BCUT2D eigenvalue weighted by atomic mass is 16.2. The fraction of sp³-hybridized carbons (Fsp3) is 0.294. The fourth-order valence-corrected chi connectivity index (χ4v) is 2.40. The molecule has 0 aliphatic carbocycles. The van der Waals surface area contributed by atoms with E-state index in [0.29, 0.717) is 12.2 Å². The Bertz CT molecular complexity index is 658. The summed E-state index contributed by atoms with van der Waals surface area (Å²) in [6.07, 6.45) is 1.76. The van der Waals surface area contributed by atoms with E-state index in [1.807, 2.05) is 38.1 Å². The van der Waals surface area contributed by atoms with E-state index in [4.69, 9.17) is 0 Å². The van der Waals surface area contributed by atoms with Crippen LogP contribution >= 0.6 is 0 Å². The zero-order valence-electron chi connectivity index (χ0n) is 12.7. The van der Waals surface area contributed by atoms with Crippen molar-refractivity contribution in [2.45, 2.75) is 27.3 Å². The predicted molar refractivity (Wildman–Crippen MR) is 83.6 cm³/mol. The van der Waals surface area contributed by atoms with Crippen molar-refractivity contribution in [3.63, 3.8) is 0 Å². The molecule has 0 bridgehead atoms. The Morgan fingerprint density at radius 1 is 1.19 bits per heavy atom. The van der Waals surface area contributed by atoms with Crippen LogP contribution in [0.25, 0.3) is 0 Å². The second-order valence-electron chi connectivity index (χ2n) is 5.05. The number of nitrogens with zero attached hydrogens (tertiary/aromatic N) is 2. The minimum atomic E-state index is -0.0357. The van der Waals surface area contributed by atoms with Gasteiger partial charge in [0.15, 0.2) is 5.78 Å². The number of aromatic nitrogens is 1. The van der Waals surface area contributed by atoms with E-state index in [1.54, 1.807) is 27.8 Å². The topological polar surface area (TPSA) is 42.3 Å². The van der Waals surface area contributed by atoms with Crippen LogP contribution in [0.3, 0.4) is 0 Å². The highest BCUT2D eigenvalue weighted by molar-refractivity contribution is 5.95. The molecular formula is C17H20N2O2. The first-order valence-electron chi connectivity index (χ1n) is 7.06.